The van der Waals surface area contributed by atoms with E-state index >= 15 is 0 Å². The number of primary amides is 1. The number of benzene rings is 1. The van der Waals surface area contributed by atoms with Crippen LogP contribution in [0, 0.1) is 17.3 Å². The first-order chi connectivity index (χ1) is 14.3. The van der Waals surface area contributed by atoms with Gasteiger partial charge in [0.25, 0.3) is 5.91 Å². The van der Waals surface area contributed by atoms with Gasteiger partial charge < -0.3 is 10.5 Å². The van der Waals surface area contributed by atoms with Gasteiger partial charge >= 0.3 is 0 Å². The molecule has 1 amide bonds. The number of aliphatic imine (C=N–C) groups is 1. The fraction of sp³-hybridized carbons (Fsp3) is 0.375. The maximum atomic E-state index is 12.1. The van der Waals surface area contributed by atoms with Crippen LogP contribution in [0.3, 0.4) is 0 Å². The summed E-state index contributed by atoms with van der Waals surface area (Å²) in [7, 11) is 1.65. The van der Waals surface area contributed by atoms with Gasteiger partial charge in [0, 0.05) is 18.0 Å². The molecule has 1 saturated carbocycles. The van der Waals surface area contributed by atoms with Crippen LogP contribution in [0.15, 0.2) is 47.7 Å². The van der Waals surface area contributed by atoms with Crippen LogP contribution in [-0.4, -0.2) is 28.8 Å². The molecule has 156 valence electrons. The molecule has 0 spiro atoms. The SMILES string of the molecule is COc1cccc(-c2cc3c(N=CC4CCC(C)C4(C)C)c(C(N)=O)cnn3c2)c1. The number of aromatic nitrogens is 2. The zero-order valence-electron chi connectivity index (χ0n) is 17.9. The van der Waals surface area contributed by atoms with Gasteiger partial charge in [0.15, 0.2) is 0 Å². The number of fused-ring (bicyclic) bond motifs is 1. The van der Waals surface area contributed by atoms with Crippen molar-refractivity contribution >= 4 is 23.3 Å². The van der Waals surface area contributed by atoms with E-state index in [4.69, 9.17) is 15.5 Å². The lowest BCUT2D eigenvalue weighted by molar-refractivity contribution is 0.100. The van der Waals surface area contributed by atoms with E-state index in [-0.39, 0.29) is 5.41 Å². The molecule has 0 bridgehead atoms. The molecule has 3 aromatic rings. The molecule has 2 aromatic heterocycles. The first-order valence-electron chi connectivity index (χ1n) is 10.3. The van der Waals surface area contributed by atoms with Gasteiger partial charge in [-0.15, -0.1) is 0 Å². The van der Waals surface area contributed by atoms with Crippen LogP contribution in [0.4, 0.5) is 5.69 Å². The fourth-order valence-electron chi connectivity index (χ4n) is 4.29. The minimum atomic E-state index is -0.527. The van der Waals surface area contributed by atoms with Gasteiger partial charge in [-0.25, -0.2) is 4.52 Å². The van der Waals surface area contributed by atoms with Crippen molar-refractivity contribution in [2.45, 2.75) is 33.6 Å². The number of nitrogens with zero attached hydrogens (tertiary/aromatic N) is 3. The number of methoxy groups -OCH3 is 1. The fourth-order valence-corrected chi connectivity index (χ4v) is 4.29. The highest BCUT2D eigenvalue weighted by Crippen LogP contribution is 2.46. The van der Waals surface area contributed by atoms with Crippen molar-refractivity contribution in [3.05, 3.63) is 48.3 Å². The summed E-state index contributed by atoms with van der Waals surface area (Å²) >= 11 is 0. The second kappa shape index (κ2) is 7.59. The molecule has 1 aromatic carbocycles. The molecule has 2 atom stereocenters. The largest absolute Gasteiger partial charge is 0.497 e. The Morgan fingerprint density at radius 3 is 2.77 bits per heavy atom. The van der Waals surface area contributed by atoms with Crippen molar-refractivity contribution < 1.29 is 9.53 Å². The van der Waals surface area contributed by atoms with E-state index in [1.54, 1.807) is 11.6 Å². The average Bonchev–Trinajstić information content (AvgIpc) is 3.27. The number of hydrogen-bond donors (Lipinski definition) is 1. The topological polar surface area (TPSA) is 82.0 Å². The molecule has 4 rings (SSSR count). The quantitative estimate of drug-likeness (QED) is 0.615. The van der Waals surface area contributed by atoms with E-state index in [1.165, 1.54) is 12.6 Å². The minimum absolute atomic E-state index is 0.174. The molecule has 0 radical (unpaired) electrons. The second-order valence-electron chi connectivity index (χ2n) is 8.75. The lowest BCUT2D eigenvalue weighted by Crippen LogP contribution is -2.24. The van der Waals surface area contributed by atoms with Gasteiger partial charge in [-0.1, -0.05) is 32.9 Å². The van der Waals surface area contributed by atoms with E-state index in [2.05, 4.69) is 25.9 Å². The van der Waals surface area contributed by atoms with Gasteiger partial charge in [-0.05, 0) is 53.9 Å². The van der Waals surface area contributed by atoms with E-state index in [0.717, 1.165) is 28.8 Å². The zero-order valence-corrected chi connectivity index (χ0v) is 17.9. The Labute approximate surface area is 176 Å². The monoisotopic (exact) mass is 404 g/mol. The lowest BCUT2D eigenvalue weighted by Gasteiger charge is -2.28. The van der Waals surface area contributed by atoms with Crippen LogP contribution in [0.2, 0.25) is 0 Å². The van der Waals surface area contributed by atoms with Crippen molar-refractivity contribution in [2.75, 3.05) is 7.11 Å². The smallest absolute Gasteiger partial charge is 0.252 e. The van der Waals surface area contributed by atoms with Crippen LogP contribution < -0.4 is 10.5 Å². The molecule has 0 aliphatic heterocycles. The Balaban J connectivity index is 1.80. The van der Waals surface area contributed by atoms with E-state index in [1.807, 2.05) is 42.7 Å². The molecule has 1 aliphatic rings. The Hall–Kier alpha value is -3.15. The third kappa shape index (κ3) is 3.47. The summed E-state index contributed by atoms with van der Waals surface area (Å²) in [5.41, 5.74) is 9.44. The molecule has 0 saturated heterocycles. The van der Waals surface area contributed by atoms with E-state index < -0.39 is 5.91 Å². The molecule has 6 heteroatoms. The lowest BCUT2D eigenvalue weighted by atomic mass is 9.77. The number of ether oxygens (including phenoxy) is 1. The highest BCUT2D eigenvalue weighted by atomic mass is 16.5. The standard InChI is InChI=1S/C24H28N4O2/c1-15-8-9-18(24(15,2)3)12-26-22-20(23(25)29)13-27-28-14-17(11-21(22)28)16-6-5-7-19(10-16)30-4/h5-7,10-15,18H,8-9H2,1-4H3,(H2,25,29). The first-order valence-corrected chi connectivity index (χ1v) is 10.3. The number of amides is 1. The number of carbonyl (C=O) groups is 1. The van der Waals surface area contributed by atoms with Crippen LogP contribution >= 0.6 is 0 Å². The van der Waals surface area contributed by atoms with Crippen LogP contribution in [0.1, 0.15) is 44.0 Å². The summed E-state index contributed by atoms with van der Waals surface area (Å²) in [5, 5.41) is 4.38. The molecule has 1 fully saturated rings. The van der Waals surface area contributed by atoms with Crippen LogP contribution in [-0.2, 0) is 0 Å². The average molecular weight is 405 g/mol. The molecular weight excluding hydrogens is 376 g/mol. The summed E-state index contributed by atoms with van der Waals surface area (Å²) in [6, 6.07) is 9.82. The van der Waals surface area contributed by atoms with Gasteiger partial charge in [-0.3, -0.25) is 9.79 Å². The third-order valence-electron chi connectivity index (χ3n) is 6.80. The Bertz CT molecular complexity index is 1130. The molecule has 2 N–H and O–H groups in total. The number of carbonyl (C=O) groups excluding carboxylic acids is 1. The number of nitrogens with two attached hydrogens (primary N) is 1. The van der Waals surface area contributed by atoms with Gasteiger partial charge in [0.1, 0.15) is 11.4 Å². The van der Waals surface area contributed by atoms with Gasteiger partial charge in [0.05, 0.1) is 24.4 Å². The third-order valence-corrected chi connectivity index (χ3v) is 6.80. The zero-order chi connectivity index (χ0) is 21.5. The van der Waals surface area contributed by atoms with Crippen molar-refractivity contribution in [1.29, 1.82) is 0 Å². The first kappa shape index (κ1) is 20.1. The molecule has 30 heavy (non-hydrogen) atoms. The number of hydrogen-bond acceptors (Lipinski definition) is 4. The van der Waals surface area contributed by atoms with E-state index in [9.17, 15) is 4.79 Å². The summed E-state index contributed by atoms with van der Waals surface area (Å²) in [5.74, 6) is 1.24. The molecular formula is C24H28N4O2. The molecule has 2 unspecified atom stereocenters. The minimum Gasteiger partial charge on any atom is -0.497 e. The number of rotatable bonds is 5. The van der Waals surface area contributed by atoms with Crippen LogP contribution in [0.25, 0.3) is 16.6 Å². The second-order valence-corrected chi connectivity index (χ2v) is 8.75. The normalized spacial score (nSPS) is 20.8. The maximum absolute atomic E-state index is 12.1. The summed E-state index contributed by atoms with van der Waals surface area (Å²) in [6.07, 6.45) is 7.71. The highest BCUT2D eigenvalue weighted by Gasteiger charge is 2.39. The van der Waals surface area contributed by atoms with Crippen molar-refractivity contribution in [1.82, 2.24) is 9.61 Å². The summed E-state index contributed by atoms with van der Waals surface area (Å²) < 4.78 is 7.09. The maximum Gasteiger partial charge on any atom is 0.252 e. The molecule has 6 nitrogen and oxygen atoms in total. The predicted octanol–water partition coefficient (Wildman–Crippen LogP) is 4.88. The van der Waals surface area contributed by atoms with Gasteiger partial charge in [0.2, 0.25) is 0 Å². The Morgan fingerprint density at radius 2 is 2.10 bits per heavy atom. The molecule has 2 heterocycles. The summed E-state index contributed by atoms with van der Waals surface area (Å²) in [6.45, 7) is 6.87. The Kier molecular flexibility index (Phi) is 5.10. The Morgan fingerprint density at radius 1 is 1.30 bits per heavy atom. The van der Waals surface area contributed by atoms with Crippen molar-refractivity contribution in [3.63, 3.8) is 0 Å². The summed E-state index contributed by atoms with van der Waals surface area (Å²) in [4.78, 5) is 16.9. The van der Waals surface area contributed by atoms with Crippen molar-refractivity contribution in [2.24, 2.45) is 28.0 Å². The predicted molar refractivity (Wildman–Crippen MR) is 120 cm³/mol. The van der Waals surface area contributed by atoms with Crippen LogP contribution in [0.5, 0.6) is 5.75 Å². The van der Waals surface area contributed by atoms with Gasteiger partial charge in [-0.2, -0.15) is 5.10 Å². The molecule has 1 aliphatic carbocycles. The van der Waals surface area contributed by atoms with Crippen molar-refractivity contribution in [3.8, 4) is 16.9 Å². The highest BCUT2D eigenvalue weighted by molar-refractivity contribution is 6.02. The van der Waals surface area contributed by atoms with E-state index in [0.29, 0.717) is 23.1 Å².